The van der Waals surface area contributed by atoms with E-state index < -0.39 is 0 Å². The smallest absolute Gasteiger partial charge is 0.269 e. The van der Waals surface area contributed by atoms with Crippen LogP contribution in [-0.4, -0.2) is 15.6 Å². The summed E-state index contributed by atoms with van der Waals surface area (Å²) in [6.45, 7) is 4.71. The first kappa shape index (κ1) is 16.9. The Balaban J connectivity index is 1.93. The molecule has 0 saturated heterocycles. The van der Waals surface area contributed by atoms with E-state index in [-0.39, 0.29) is 18.2 Å². The van der Waals surface area contributed by atoms with Crippen LogP contribution in [0.5, 0.6) is 5.88 Å². The number of fused-ring (bicyclic) bond motifs is 1. The summed E-state index contributed by atoms with van der Waals surface area (Å²) in [4.78, 5) is 12.1. The molecule has 2 aromatic carbocycles. The first-order valence-electron chi connectivity index (χ1n) is 8.40. The molecule has 5 nitrogen and oxygen atoms in total. The number of nitrogens with zero attached hydrogens (tertiary/aromatic N) is 3. The molecule has 128 valence electrons. The summed E-state index contributed by atoms with van der Waals surface area (Å²) in [6, 6.07) is 15.3. The zero-order valence-electron chi connectivity index (χ0n) is 14.4. The van der Waals surface area contributed by atoms with Crippen molar-refractivity contribution in [2.24, 2.45) is 10.2 Å². The Kier molecular flexibility index (Phi) is 4.93. The van der Waals surface area contributed by atoms with Crippen LogP contribution < -0.4 is 0 Å². The van der Waals surface area contributed by atoms with Gasteiger partial charge >= 0.3 is 0 Å². The lowest BCUT2D eigenvalue weighted by atomic mass is 10.1. The molecular formula is C20H21N3O2. The maximum atomic E-state index is 12.1. The molecule has 1 N–H and O–H groups in total. The van der Waals surface area contributed by atoms with Gasteiger partial charge in [-0.3, -0.25) is 4.79 Å². The van der Waals surface area contributed by atoms with E-state index in [1.165, 1.54) is 0 Å². The Labute approximate surface area is 146 Å². The highest BCUT2D eigenvalue weighted by molar-refractivity contribution is 5.95. The Morgan fingerprint density at radius 2 is 1.92 bits per heavy atom. The molecule has 0 atom stereocenters. The van der Waals surface area contributed by atoms with Gasteiger partial charge in [-0.15, -0.1) is 10.2 Å². The van der Waals surface area contributed by atoms with Gasteiger partial charge in [0.2, 0.25) is 5.88 Å². The number of aromatic nitrogens is 1. The minimum atomic E-state index is -0.338. The number of hydrogen-bond donors (Lipinski definition) is 1. The van der Waals surface area contributed by atoms with Crippen molar-refractivity contribution >= 4 is 22.5 Å². The lowest BCUT2D eigenvalue weighted by molar-refractivity contribution is -0.117. The van der Waals surface area contributed by atoms with Crippen molar-refractivity contribution in [3.8, 4) is 5.88 Å². The second kappa shape index (κ2) is 7.30. The number of benzene rings is 2. The zero-order chi connectivity index (χ0) is 17.8. The second-order valence-corrected chi connectivity index (χ2v) is 6.10. The van der Waals surface area contributed by atoms with Gasteiger partial charge in [0.15, 0.2) is 5.69 Å². The van der Waals surface area contributed by atoms with Gasteiger partial charge in [-0.25, -0.2) is 0 Å². The van der Waals surface area contributed by atoms with E-state index in [4.69, 9.17) is 0 Å². The number of rotatable bonds is 5. The van der Waals surface area contributed by atoms with Crippen molar-refractivity contribution in [2.45, 2.75) is 33.2 Å². The Hall–Kier alpha value is -2.95. The molecule has 5 heteroatoms. The molecule has 0 spiro atoms. The molecule has 0 bridgehead atoms. The average Bonchev–Trinajstić information content (AvgIpc) is 2.85. The molecule has 1 amide bonds. The maximum Gasteiger partial charge on any atom is 0.269 e. The van der Waals surface area contributed by atoms with Crippen molar-refractivity contribution in [2.75, 3.05) is 0 Å². The van der Waals surface area contributed by atoms with Gasteiger partial charge in [-0.2, -0.15) is 0 Å². The molecule has 0 aliphatic carbocycles. The summed E-state index contributed by atoms with van der Waals surface area (Å²) < 4.78 is 1.81. The van der Waals surface area contributed by atoms with Crippen molar-refractivity contribution in [3.63, 3.8) is 0 Å². The summed E-state index contributed by atoms with van der Waals surface area (Å²) in [5.74, 6) is -0.284. The summed E-state index contributed by atoms with van der Waals surface area (Å²) in [5.41, 5.74) is 3.20. The number of aromatic hydroxyl groups is 1. The van der Waals surface area contributed by atoms with Crippen molar-refractivity contribution in [1.82, 2.24) is 4.57 Å². The fourth-order valence-corrected chi connectivity index (χ4v) is 2.90. The van der Waals surface area contributed by atoms with Crippen LogP contribution in [0, 0.1) is 6.92 Å². The summed E-state index contributed by atoms with van der Waals surface area (Å²) >= 11 is 0. The van der Waals surface area contributed by atoms with Crippen molar-refractivity contribution in [3.05, 3.63) is 59.7 Å². The molecule has 0 unspecified atom stereocenters. The van der Waals surface area contributed by atoms with Crippen LogP contribution in [0.15, 0.2) is 58.8 Å². The highest BCUT2D eigenvalue weighted by Crippen LogP contribution is 2.39. The van der Waals surface area contributed by atoms with E-state index in [0.29, 0.717) is 12.2 Å². The van der Waals surface area contributed by atoms with Crippen LogP contribution in [0.4, 0.5) is 5.69 Å². The lowest BCUT2D eigenvalue weighted by Crippen LogP contribution is -1.97. The quantitative estimate of drug-likeness (QED) is 0.673. The fourth-order valence-electron chi connectivity index (χ4n) is 2.90. The normalized spacial score (nSPS) is 11.4. The van der Waals surface area contributed by atoms with Gasteiger partial charge in [-0.05, 0) is 31.0 Å². The molecule has 1 heterocycles. The Morgan fingerprint density at radius 3 is 2.64 bits per heavy atom. The fraction of sp³-hybridized carbons (Fsp3) is 0.250. The minimum absolute atomic E-state index is 0.0544. The molecule has 0 radical (unpaired) electrons. The monoisotopic (exact) mass is 335 g/mol. The molecule has 1 aromatic heterocycles. The molecule has 0 saturated carbocycles. The minimum Gasteiger partial charge on any atom is -0.493 e. The number of hydrogen-bond acceptors (Lipinski definition) is 3. The van der Waals surface area contributed by atoms with Crippen molar-refractivity contribution in [1.29, 1.82) is 0 Å². The van der Waals surface area contributed by atoms with Gasteiger partial charge in [-0.1, -0.05) is 48.9 Å². The third-order valence-corrected chi connectivity index (χ3v) is 4.07. The highest BCUT2D eigenvalue weighted by Gasteiger charge is 2.16. The van der Waals surface area contributed by atoms with Crippen molar-refractivity contribution < 1.29 is 9.90 Å². The van der Waals surface area contributed by atoms with E-state index in [1.807, 2.05) is 66.9 Å². The maximum absolute atomic E-state index is 12.1. The molecule has 0 fully saturated rings. The predicted octanol–water partition coefficient (Wildman–Crippen LogP) is 4.92. The zero-order valence-corrected chi connectivity index (χ0v) is 14.4. The van der Waals surface area contributed by atoms with Gasteiger partial charge in [0.05, 0.1) is 11.9 Å². The van der Waals surface area contributed by atoms with Gasteiger partial charge < -0.3 is 9.67 Å². The molecule has 3 rings (SSSR count). The van der Waals surface area contributed by atoms with Crippen LogP contribution in [0.2, 0.25) is 0 Å². The van der Waals surface area contributed by atoms with E-state index in [1.54, 1.807) is 0 Å². The molecule has 25 heavy (non-hydrogen) atoms. The third-order valence-electron chi connectivity index (χ3n) is 4.07. The number of carbonyl (C=O) groups excluding carboxylic acids is 1. The summed E-state index contributed by atoms with van der Waals surface area (Å²) in [5, 5.41) is 19.2. The largest absolute Gasteiger partial charge is 0.493 e. The van der Waals surface area contributed by atoms with Gasteiger partial charge in [0.25, 0.3) is 5.91 Å². The summed E-state index contributed by atoms with van der Waals surface area (Å²) in [7, 11) is 0. The standard InChI is InChI=1S/C20H21N3O2/c1-3-11-23-17-10-9-14(2)12-16(17)19(20(23)25)22-21-18(24)13-15-7-5-4-6-8-15/h4-10,12,25H,3,11,13H2,1-2H3. The Bertz CT molecular complexity index is 927. The van der Waals surface area contributed by atoms with Gasteiger partial charge in [0.1, 0.15) is 0 Å². The topological polar surface area (TPSA) is 66.9 Å². The molecule has 0 aliphatic rings. The average molecular weight is 335 g/mol. The number of carbonyl (C=O) groups is 1. The van der Waals surface area contributed by atoms with Crippen LogP contribution in [0.3, 0.4) is 0 Å². The van der Waals surface area contributed by atoms with E-state index in [0.717, 1.165) is 28.5 Å². The van der Waals surface area contributed by atoms with Crippen LogP contribution in [-0.2, 0) is 17.8 Å². The lowest BCUT2D eigenvalue weighted by Gasteiger charge is -2.04. The first-order valence-corrected chi connectivity index (χ1v) is 8.40. The SMILES string of the molecule is CCCn1c(O)c(N=NC(=O)Cc2ccccc2)c2cc(C)ccc21. The number of aryl methyl sites for hydroxylation is 2. The van der Waals surface area contributed by atoms with Crippen LogP contribution in [0.25, 0.3) is 10.9 Å². The van der Waals surface area contributed by atoms with Crippen LogP contribution in [0.1, 0.15) is 24.5 Å². The first-order chi connectivity index (χ1) is 12.1. The Morgan fingerprint density at radius 1 is 1.16 bits per heavy atom. The molecule has 3 aromatic rings. The summed E-state index contributed by atoms with van der Waals surface area (Å²) in [6.07, 6.45) is 1.08. The van der Waals surface area contributed by atoms with E-state index >= 15 is 0 Å². The number of amides is 1. The number of azo groups is 1. The van der Waals surface area contributed by atoms with E-state index in [9.17, 15) is 9.90 Å². The third kappa shape index (κ3) is 3.60. The molecule has 0 aliphatic heterocycles. The van der Waals surface area contributed by atoms with Crippen LogP contribution >= 0.6 is 0 Å². The van der Waals surface area contributed by atoms with E-state index in [2.05, 4.69) is 10.2 Å². The second-order valence-electron chi connectivity index (χ2n) is 6.10. The molecular weight excluding hydrogens is 314 g/mol. The van der Waals surface area contributed by atoms with Gasteiger partial charge in [0, 0.05) is 11.9 Å². The highest BCUT2D eigenvalue weighted by atomic mass is 16.3. The predicted molar refractivity (Wildman–Crippen MR) is 98.3 cm³/mol.